The molecule has 1 fully saturated rings. The Morgan fingerprint density at radius 3 is 2.42 bits per heavy atom. The molecule has 2 aliphatic rings. The first-order valence-corrected chi connectivity index (χ1v) is 12.8. The van der Waals surface area contributed by atoms with Crippen molar-refractivity contribution in [3.8, 4) is 0 Å². The predicted molar refractivity (Wildman–Crippen MR) is 121 cm³/mol. The summed E-state index contributed by atoms with van der Waals surface area (Å²) in [4.78, 5) is 2.43. The predicted octanol–water partition coefficient (Wildman–Crippen LogP) is 4.12. The quantitative estimate of drug-likeness (QED) is 0.626. The van der Waals surface area contributed by atoms with E-state index in [4.69, 9.17) is 4.74 Å². The van der Waals surface area contributed by atoms with E-state index in [2.05, 4.69) is 9.62 Å². The number of aromatic nitrogens is 1. The molecular weight excluding hydrogens is 455 g/mol. The number of hydrogen-bond donors (Lipinski definition) is 1. The van der Waals surface area contributed by atoms with E-state index in [0.717, 1.165) is 51.0 Å². The van der Waals surface area contributed by atoms with Crippen LogP contribution in [0, 0.1) is 12.8 Å². The van der Waals surface area contributed by atoms with E-state index in [9.17, 15) is 21.6 Å². The Balaban J connectivity index is 1.83. The summed E-state index contributed by atoms with van der Waals surface area (Å²) in [5, 5.41) is 0. The molecular formula is C23H34F3N3O3S. The number of nitrogens with zero attached hydrogens (tertiary/aromatic N) is 2. The average Bonchev–Trinajstić information content (AvgIpc) is 3.06. The number of allylic oxidation sites excluding steroid dienone is 3. The second kappa shape index (κ2) is 9.84. The maximum Gasteiger partial charge on any atom is 0.395 e. The summed E-state index contributed by atoms with van der Waals surface area (Å²) >= 11 is 0. The van der Waals surface area contributed by atoms with Gasteiger partial charge in [0.15, 0.2) is 0 Å². The van der Waals surface area contributed by atoms with Crippen molar-refractivity contribution in [2.24, 2.45) is 5.92 Å². The Labute approximate surface area is 194 Å². The minimum absolute atomic E-state index is 0.0552. The molecule has 0 aromatic carbocycles. The van der Waals surface area contributed by atoms with Crippen LogP contribution in [0.2, 0.25) is 0 Å². The van der Waals surface area contributed by atoms with Crippen molar-refractivity contribution in [1.82, 2.24) is 14.2 Å². The maximum atomic E-state index is 13.2. The molecule has 1 unspecified atom stereocenters. The summed E-state index contributed by atoms with van der Waals surface area (Å²) < 4.78 is 75.5. The topological polar surface area (TPSA) is 63.6 Å². The largest absolute Gasteiger partial charge is 0.395 e. The number of morpholine rings is 1. The summed E-state index contributed by atoms with van der Waals surface area (Å²) in [6.07, 6.45) is -0.0784. The second-order valence-electron chi connectivity index (χ2n) is 9.70. The number of rotatable bonds is 7. The summed E-state index contributed by atoms with van der Waals surface area (Å²) in [5.41, 5.74) is 1.11. The number of sulfonamides is 1. The Hall–Kier alpha value is -1.78. The Morgan fingerprint density at radius 2 is 1.82 bits per heavy atom. The molecule has 1 aliphatic heterocycles. The SMILES string of the molecule is Cc1c(S(=O)(=O)NC2=CC(C(F)(F)F)CC=C2)cc(C(C)(C)C)n1CCCN1CCOCC1. The molecule has 1 aromatic heterocycles. The number of hydrogen-bond acceptors (Lipinski definition) is 4. The summed E-state index contributed by atoms with van der Waals surface area (Å²) in [5.74, 6) is -1.70. The molecule has 33 heavy (non-hydrogen) atoms. The van der Waals surface area contributed by atoms with Gasteiger partial charge in [-0.2, -0.15) is 13.2 Å². The zero-order valence-corrected chi connectivity index (χ0v) is 20.5. The Kier molecular flexibility index (Phi) is 7.70. The molecule has 0 radical (unpaired) electrons. The number of halogens is 3. The van der Waals surface area contributed by atoms with Crippen LogP contribution >= 0.6 is 0 Å². The van der Waals surface area contributed by atoms with E-state index in [1.165, 1.54) is 12.2 Å². The highest BCUT2D eigenvalue weighted by atomic mass is 32.2. The van der Waals surface area contributed by atoms with Crippen LogP contribution in [0.4, 0.5) is 13.2 Å². The second-order valence-corrected chi connectivity index (χ2v) is 11.4. The number of alkyl halides is 3. The van der Waals surface area contributed by atoms with Crippen molar-refractivity contribution in [2.45, 2.75) is 63.6 Å². The molecule has 10 heteroatoms. The van der Waals surface area contributed by atoms with Crippen molar-refractivity contribution in [3.05, 3.63) is 41.4 Å². The molecule has 1 aromatic rings. The van der Waals surface area contributed by atoms with Crippen LogP contribution < -0.4 is 4.72 Å². The van der Waals surface area contributed by atoms with Gasteiger partial charge in [0.25, 0.3) is 10.0 Å². The number of nitrogens with one attached hydrogen (secondary N) is 1. The van der Waals surface area contributed by atoms with Gasteiger partial charge in [0.1, 0.15) is 4.90 Å². The minimum Gasteiger partial charge on any atom is -0.379 e. The molecule has 1 saturated heterocycles. The number of ether oxygens (including phenoxy) is 1. The van der Waals surface area contributed by atoms with Crippen LogP contribution in [-0.2, 0) is 26.7 Å². The van der Waals surface area contributed by atoms with E-state index in [0.29, 0.717) is 12.2 Å². The summed E-state index contributed by atoms with van der Waals surface area (Å²) in [6, 6.07) is 1.65. The third-order valence-corrected chi connectivity index (χ3v) is 7.58. The van der Waals surface area contributed by atoms with Crippen molar-refractivity contribution >= 4 is 10.0 Å². The summed E-state index contributed by atoms with van der Waals surface area (Å²) in [6.45, 7) is 12.6. The zero-order chi connectivity index (χ0) is 24.4. The van der Waals surface area contributed by atoms with E-state index < -0.39 is 22.1 Å². The van der Waals surface area contributed by atoms with Gasteiger partial charge >= 0.3 is 6.18 Å². The van der Waals surface area contributed by atoms with Crippen LogP contribution in [0.25, 0.3) is 0 Å². The van der Waals surface area contributed by atoms with Crippen molar-refractivity contribution in [3.63, 3.8) is 0 Å². The highest BCUT2D eigenvalue weighted by Gasteiger charge is 2.38. The zero-order valence-electron chi connectivity index (χ0n) is 19.7. The maximum absolute atomic E-state index is 13.2. The monoisotopic (exact) mass is 489 g/mol. The fourth-order valence-electron chi connectivity index (χ4n) is 4.27. The van der Waals surface area contributed by atoms with Gasteiger partial charge in [-0.15, -0.1) is 0 Å². The molecule has 1 atom stereocenters. The van der Waals surface area contributed by atoms with Crippen LogP contribution in [0.5, 0.6) is 0 Å². The lowest BCUT2D eigenvalue weighted by Crippen LogP contribution is -2.37. The fraction of sp³-hybridized carbons (Fsp3) is 0.652. The first-order chi connectivity index (χ1) is 15.3. The lowest BCUT2D eigenvalue weighted by molar-refractivity contribution is -0.160. The molecule has 2 heterocycles. The third-order valence-electron chi connectivity index (χ3n) is 6.08. The van der Waals surface area contributed by atoms with Crippen LogP contribution in [0.1, 0.15) is 45.0 Å². The smallest absolute Gasteiger partial charge is 0.379 e. The van der Waals surface area contributed by atoms with Gasteiger partial charge in [-0.1, -0.05) is 26.8 Å². The average molecular weight is 490 g/mol. The highest BCUT2D eigenvalue weighted by Crippen LogP contribution is 2.34. The summed E-state index contributed by atoms with van der Waals surface area (Å²) in [7, 11) is -4.05. The van der Waals surface area contributed by atoms with Crippen molar-refractivity contribution in [2.75, 3.05) is 32.8 Å². The van der Waals surface area contributed by atoms with Gasteiger partial charge in [-0.25, -0.2) is 8.42 Å². The molecule has 6 nitrogen and oxygen atoms in total. The van der Waals surface area contributed by atoms with Crippen molar-refractivity contribution < 1.29 is 26.3 Å². The Morgan fingerprint density at radius 1 is 1.15 bits per heavy atom. The highest BCUT2D eigenvalue weighted by molar-refractivity contribution is 7.89. The first kappa shape index (κ1) is 25.8. The van der Waals surface area contributed by atoms with Crippen molar-refractivity contribution in [1.29, 1.82) is 0 Å². The van der Waals surface area contributed by atoms with Crippen LogP contribution in [-0.4, -0.2) is 56.9 Å². The van der Waals surface area contributed by atoms with Gasteiger partial charge in [-0.3, -0.25) is 9.62 Å². The molecule has 0 spiro atoms. The van der Waals surface area contributed by atoms with Gasteiger partial charge < -0.3 is 9.30 Å². The van der Waals surface area contributed by atoms with Crippen LogP contribution in [0.3, 0.4) is 0 Å². The van der Waals surface area contributed by atoms with Gasteiger partial charge in [0, 0.05) is 48.7 Å². The minimum atomic E-state index is -4.42. The van der Waals surface area contributed by atoms with Gasteiger partial charge in [0.2, 0.25) is 0 Å². The molecule has 1 N–H and O–H groups in total. The lowest BCUT2D eigenvalue weighted by Gasteiger charge is -2.27. The molecule has 0 saturated carbocycles. The first-order valence-electron chi connectivity index (χ1n) is 11.3. The fourth-order valence-corrected chi connectivity index (χ4v) is 5.59. The molecule has 3 rings (SSSR count). The molecule has 0 bridgehead atoms. The van der Waals surface area contributed by atoms with E-state index in [1.54, 1.807) is 13.0 Å². The molecule has 186 valence electrons. The normalized spacial score (nSPS) is 20.7. The standard InChI is InChI=1S/C23H34F3N3O3S/c1-17-20(33(30,31)27-19-8-5-7-18(15-19)23(24,25)26)16-21(22(2,3)4)29(17)10-6-9-28-11-13-32-14-12-28/h5,8,15-16,18,27H,6-7,9-14H2,1-4H3. The lowest BCUT2D eigenvalue weighted by atomic mass is 9.92. The molecule has 0 amide bonds. The third kappa shape index (κ3) is 6.42. The van der Waals surface area contributed by atoms with E-state index >= 15 is 0 Å². The van der Waals surface area contributed by atoms with E-state index in [1.807, 2.05) is 25.3 Å². The van der Waals surface area contributed by atoms with Gasteiger partial charge in [0.05, 0.1) is 19.1 Å². The Bertz CT molecular complexity index is 999. The molecule has 1 aliphatic carbocycles. The van der Waals surface area contributed by atoms with Crippen LogP contribution in [0.15, 0.2) is 34.9 Å². The van der Waals surface area contributed by atoms with Gasteiger partial charge in [-0.05, 0) is 38.0 Å². The van der Waals surface area contributed by atoms with E-state index in [-0.39, 0.29) is 22.4 Å².